The Morgan fingerprint density at radius 1 is 0.903 bits per heavy atom. The summed E-state index contributed by atoms with van der Waals surface area (Å²) in [6, 6.07) is 22.5. The van der Waals surface area contributed by atoms with Crippen molar-refractivity contribution in [3.63, 3.8) is 0 Å². The molecule has 0 aliphatic carbocycles. The molecule has 1 atom stereocenters. The summed E-state index contributed by atoms with van der Waals surface area (Å²) in [4.78, 5) is 13.0. The summed E-state index contributed by atoms with van der Waals surface area (Å²) in [5.74, 6) is -0.218. The van der Waals surface area contributed by atoms with Gasteiger partial charge >= 0.3 is 0 Å². The number of amides is 1. The minimum absolute atomic E-state index is 0.00248. The highest BCUT2D eigenvalue weighted by Gasteiger charge is 2.27. The summed E-state index contributed by atoms with van der Waals surface area (Å²) in [5, 5.41) is 2.97. The van der Waals surface area contributed by atoms with Gasteiger partial charge in [0.05, 0.1) is 19.2 Å². The third-order valence-electron chi connectivity index (χ3n) is 4.89. The SMILES string of the molecule is COc1ccc(C)cc1S(=O)(=O)N[C@H](C)C(=O)NC(c1ccccc1)c1ccccc1. The standard InChI is InChI=1S/C24H26N2O4S/c1-17-14-15-21(30-3)22(16-17)31(28,29)26-18(2)24(27)25-23(19-10-6-4-7-11-19)20-12-8-5-9-13-20/h4-16,18,23,26H,1-3H3,(H,25,27)/t18-/m1/s1. The van der Waals surface area contributed by atoms with Crippen molar-refractivity contribution in [2.24, 2.45) is 0 Å². The fourth-order valence-electron chi connectivity index (χ4n) is 3.26. The van der Waals surface area contributed by atoms with E-state index in [9.17, 15) is 13.2 Å². The molecule has 3 rings (SSSR count). The number of benzene rings is 3. The van der Waals surface area contributed by atoms with Crippen LogP contribution in [0.25, 0.3) is 0 Å². The first-order valence-electron chi connectivity index (χ1n) is 9.89. The Labute approximate surface area is 183 Å². The summed E-state index contributed by atoms with van der Waals surface area (Å²) >= 11 is 0. The van der Waals surface area contributed by atoms with Gasteiger partial charge in [-0.25, -0.2) is 8.42 Å². The fourth-order valence-corrected chi connectivity index (χ4v) is 4.72. The third-order valence-corrected chi connectivity index (χ3v) is 6.45. The highest BCUT2D eigenvalue weighted by molar-refractivity contribution is 7.89. The third kappa shape index (κ3) is 5.51. The zero-order valence-corrected chi connectivity index (χ0v) is 18.5. The number of methoxy groups -OCH3 is 1. The van der Waals surface area contributed by atoms with Crippen LogP contribution in [0.15, 0.2) is 83.8 Å². The number of nitrogens with one attached hydrogen (secondary N) is 2. The second kappa shape index (κ2) is 9.76. The molecule has 162 valence electrons. The first kappa shape index (κ1) is 22.5. The topological polar surface area (TPSA) is 84.5 Å². The molecule has 0 bridgehead atoms. The van der Waals surface area contributed by atoms with Gasteiger partial charge in [0.1, 0.15) is 10.6 Å². The van der Waals surface area contributed by atoms with Crippen molar-refractivity contribution in [1.29, 1.82) is 0 Å². The molecule has 0 radical (unpaired) electrons. The van der Waals surface area contributed by atoms with Crippen LogP contribution in [0.2, 0.25) is 0 Å². The highest BCUT2D eigenvalue weighted by atomic mass is 32.2. The van der Waals surface area contributed by atoms with E-state index < -0.39 is 28.0 Å². The van der Waals surface area contributed by atoms with Crippen molar-refractivity contribution in [1.82, 2.24) is 10.0 Å². The Morgan fingerprint density at radius 2 is 1.45 bits per heavy atom. The highest BCUT2D eigenvalue weighted by Crippen LogP contribution is 2.25. The number of hydrogen-bond donors (Lipinski definition) is 2. The minimum atomic E-state index is -3.97. The Kier molecular flexibility index (Phi) is 7.09. The average molecular weight is 439 g/mol. The lowest BCUT2D eigenvalue weighted by molar-refractivity contribution is -0.122. The van der Waals surface area contributed by atoms with E-state index in [4.69, 9.17) is 4.74 Å². The van der Waals surface area contributed by atoms with Crippen molar-refractivity contribution >= 4 is 15.9 Å². The molecule has 31 heavy (non-hydrogen) atoms. The summed E-state index contributed by atoms with van der Waals surface area (Å²) in [6.07, 6.45) is 0. The number of rotatable bonds is 8. The van der Waals surface area contributed by atoms with E-state index in [1.807, 2.05) is 60.7 Å². The lowest BCUT2D eigenvalue weighted by atomic mass is 9.98. The van der Waals surface area contributed by atoms with Gasteiger partial charge in [-0.3, -0.25) is 4.79 Å². The molecule has 2 N–H and O–H groups in total. The monoisotopic (exact) mass is 438 g/mol. The van der Waals surface area contributed by atoms with E-state index in [1.165, 1.54) is 20.1 Å². The van der Waals surface area contributed by atoms with E-state index in [0.29, 0.717) is 0 Å². The van der Waals surface area contributed by atoms with Crippen LogP contribution >= 0.6 is 0 Å². The summed E-state index contributed by atoms with van der Waals surface area (Å²) in [5.41, 5.74) is 2.57. The molecule has 0 aromatic heterocycles. The minimum Gasteiger partial charge on any atom is -0.495 e. The predicted molar refractivity (Wildman–Crippen MR) is 120 cm³/mol. The summed E-state index contributed by atoms with van der Waals surface area (Å²) in [7, 11) is -2.56. The molecule has 0 spiro atoms. The van der Waals surface area contributed by atoms with Crippen LogP contribution in [0.3, 0.4) is 0 Å². The molecule has 0 aliphatic heterocycles. The lowest BCUT2D eigenvalue weighted by Crippen LogP contribution is -2.46. The molecular formula is C24H26N2O4S. The van der Waals surface area contributed by atoms with Crippen LogP contribution in [-0.4, -0.2) is 27.5 Å². The summed E-state index contributed by atoms with van der Waals surface area (Å²) < 4.78 is 33.5. The average Bonchev–Trinajstić information content (AvgIpc) is 2.78. The molecule has 7 heteroatoms. The van der Waals surface area contributed by atoms with Gasteiger partial charge in [0.15, 0.2) is 0 Å². The van der Waals surface area contributed by atoms with E-state index in [0.717, 1.165) is 16.7 Å². The number of aryl methyl sites for hydroxylation is 1. The normalized spacial score (nSPS) is 12.4. The van der Waals surface area contributed by atoms with E-state index in [1.54, 1.807) is 19.1 Å². The molecule has 3 aromatic rings. The van der Waals surface area contributed by atoms with Gasteiger partial charge < -0.3 is 10.1 Å². The number of carbonyl (C=O) groups excluding carboxylic acids is 1. The molecule has 6 nitrogen and oxygen atoms in total. The second-order valence-corrected chi connectivity index (χ2v) is 8.94. The Balaban J connectivity index is 1.82. The van der Waals surface area contributed by atoms with Crippen molar-refractivity contribution < 1.29 is 17.9 Å². The molecule has 0 fully saturated rings. The Hall–Kier alpha value is -3.16. The fraction of sp³-hybridized carbons (Fsp3) is 0.208. The first-order chi connectivity index (χ1) is 14.8. The van der Waals surface area contributed by atoms with Crippen molar-refractivity contribution in [3.8, 4) is 5.75 Å². The van der Waals surface area contributed by atoms with Crippen molar-refractivity contribution in [2.75, 3.05) is 7.11 Å². The smallest absolute Gasteiger partial charge is 0.244 e. The number of carbonyl (C=O) groups is 1. The van der Waals surface area contributed by atoms with Gasteiger partial charge in [-0.1, -0.05) is 66.7 Å². The number of hydrogen-bond acceptors (Lipinski definition) is 4. The first-order valence-corrected chi connectivity index (χ1v) is 11.4. The molecule has 0 saturated heterocycles. The predicted octanol–water partition coefficient (Wildman–Crippen LogP) is 3.58. The Morgan fingerprint density at radius 3 is 1.97 bits per heavy atom. The lowest BCUT2D eigenvalue weighted by Gasteiger charge is -2.23. The van der Waals surface area contributed by atoms with E-state index in [2.05, 4.69) is 10.0 Å². The quantitative estimate of drug-likeness (QED) is 0.563. The maximum Gasteiger partial charge on any atom is 0.244 e. The molecule has 0 heterocycles. The van der Waals surface area contributed by atoms with E-state index >= 15 is 0 Å². The van der Waals surface area contributed by atoms with Crippen LogP contribution in [0.5, 0.6) is 5.75 Å². The zero-order valence-electron chi connectivity index (χ0n) is 17.7. The molecule has 0 aliphatic rings. The molecule has 0 unspecified atom stereocenters. The van der Waals surface area contributed by atoms with Crippen LogP contribution in [0, 0.1) is 6.92 Å². The maximum atomic E-state index is 13.0. The van der Waals surface area contributed by atoms with Gasteiger partial charge in [0.25, 0.3) is 0 Å². The summed E-state index contributed by atoms with van der Waals surface area (Å²) in [6.45, 7) is 3.31. The number of ether oxygens (including phenoxy) is 1. The zero-order chi connectivity index (χ0) is 22.4. The molecule has 3 aromatic carbocycles. The largest absolute Gasteiger partial charge is 0.495 e. The second-order valence-electron chi connectivity index (χ2n) is 7.26. The molecule has 0 saturated carbocycles. The maximum absolute atomic E-state index is 13.0. The molecule has 1 amide bonds. The van der Waals surface area contributed by atoms with Gasteiger partial charge in [-0.15, -0.1) is 0 Å². The molecular weight excluding hydrogens is 412 g/mol. The van der Waals surface area contributed by atoms with Crippen LogP contribution in [0.1, 0.15) is 29.7 Å². The number of sulfonamides is 1. The van der Waals surface area contributed by atoms with Crippen LogP contribution < -0.4 is 14.8 Å². The Bertz CT molecular complexity index is 1090. The van der Waals surface area contributed by atoms with Gasteiger partial charge in [0, 0.05) is 0 Å². The van der Waals surface area contributed by atoms with Crippen LogP contribution in [-0.2, 0) is 14.8 Å². The van der Waals surface area contributed by atoms with Crippen LogP contribution in [0.4, 0.5) is 0 Å². The van der Waals surface area contributed by atoms with E-state index in [-0.39, 0.29) is 10.6 Å². The van der Waals surface area contributed by atoms with Crippen molar-refractivity contribution in [2.45, 2.75) is 30.8 Å². The van der Waals surface area contributed by atoms with Crippen molar-refractivity contribution in [3.05, 3.63) is 95.6 Å². The van der Waals surface area contributed by atoms with Gasteiger partial charge in [-0.05, 0) is 42.7 Å². The van der Waals surface area contributed by atoms with Gasteiger partial charge in [-0.2, -0.15) is 4.72 Å². The van der Waals surface area contributed by atoms with Gasteiger partial charge in [0.2, 0.25) is 15.9 Å².